The molecule has 3 aromatic rings. The summed E-state index contributed by atoms with van der Waals surface area (Å²) in [5.41, 5.74) is 4.10. The van der Waals surface area contributed by atoms with E-state index in [9.17, 15) is 9.59 Å². The zero-order valence-corrected chi connectivity index (χ0v) is 19.0. The fourth-order valence-electron chi connectivity index (χ4n) is 4.28. The molecule has 1 aromatic heterocycles. The number of benzene rings is 2. The molecule has 6 nitrogen and oxygen atoms in total. The van der Waals surface area contributed by atoms with Crippen molar-refractivity contribution >= 4 is 11.8 Å². The van der Waals surface area contributed by atoms with Crippen molar-refractivity contribution in [2.24, 2.45) is 0 Å². The highest BCUT2D eigenvalue weighted by Crippen LogP contribution is 2.37. The molecule has 2 heterocycles. The van der Waals surface area contributed by atoms with E-state index in [0.29, 0.717) is 25.3 Å². The zero-order valence-electron chi connectivity index (χ0n) is 19.0. The van der Waals surface area contributed by atoms with E-state index >= 15 is 0 Å². The standard InChI is InChI=1S/C27H29N3O3/c1-3-25(27(32)29-18-22-11-7-8-15-28-22)33-23-13-12-20-14-16-30(19(2)31)26(24(20)17-23)21-9-5-4-6-10-21/h4-13,15,17,25-26H,3,14,16,18H2,1-2H3,(H,29,32)/t25-,26+/m0/s1. The van der Waals surface area contributed by atoms with Gasteiger partial charge in [-0.2, -0.15) is 0 Å². The Morgan fingerprint density at radius 1 is 1.12 bits per heavy atom. The Balaban J connectivity index is 1.55. The summed E-state index contributed by atoms with van der Waals surface area (Å²) in [6, 6.07) is 21.4. The van der Waals surface area contributed by atoms with Gasteiger partial charge in [0.1, 0.15) is 5.75 Å². The summed E-state index contributed by atoms with van der Waals surface area (Å²) in [6.07, 6.45) is 2.41. The summed E-state index contributed by atoms with van der Waals surface area (Å²) in [5, 5.41) is 2.91. The number of rotatable bonds is 7. The average Bonchev–Trinajstić information content (AvgIpc) is 2.86. The van der Waals surface area contributed by atoms with Crippen LogP contribution in [0.5, 0.6) is 5.75 Å². The molecule has 0 spiro atoms. The number of fused-ring (bicyclic) bond motifs is 1. The van der Waals surface area contributed by atoms with Crippen molar-refractivity contribution in [1.29, 1.82) is 0 Å². The zero-order chi connectivity index (χ0) is 23.2. The number of nitrogens with zero attached hydrogens (tertiary/aromatic N) is 2. The number of hydrogen-bond donors (Lipinski definition) is 1. The Hall–Kier alpha value is -3.67. The highest BCUT2D eigenvalue weighted by molar-refractivity contribution is 5.81. The Morgan fingerprint density at radius 3 is 2.61 bits per heavy atom. The van der Waals surface area contributed by atoms with Crippen LogP contribution in [-0.4, -0.2) is 34.3 Å². The predicted molar refractivity (Wildman–Crippen MR) is 127 cm³/mol. The molecule has 0 unspecified atom stereocenters. The molecule has 33 heavy (non-hydrogen) atoms. The van der Waals surface area contributed by atoms with Crippen molar-refractivity contribution in [2.75, 3.05) is 6.54 Å². The summed E-state index contributed by atoms with van der Waals surface area (Å²) in [4.78, 5) is 31.3. The number of carbonyl (C=O) groups is 2. The van der Waals surface area contributed by atoms with Gasteiger partial charge in [0.2, 0.25) is 5.91 Å². The summed E-state index contributed by atoms with van der Waals surface area (Å²) < 4.78 is 6.12. The molecule has 1 aliphatic rings. The van der Waals surface area contributed by atoms with Gasteiger partial charge >= 0.3 is 0 Å². The van der Waals surface area contributed by atoms with Crippen LogP contribution >= 0.6 is 0 Å². The van der Waals surface area contributed by atoms with Crippen LogP contribution in [0.25, 0.3) is 0 Å². The molecular weight excluding hydrogens is 414 g/mol. The van der Waals surface area contributed by atoms with E-state index in [2.05, 4.69) is 16.4 Å². The molecular formula is C27H29N3O3. The highest BCUT2D eigenvalue weighted by Gasteiger charge is 2.31. The van der Waals surface area contributed by atoms with Gasteiger partial charge in [-0.05, 0) is 53.8 Å². The number of hydrogen-bond acceptors (Lipinski definition) is 4. The molecule has 0 saturated carbocycles. The third-order valence-electron chi connectivity index (χ3n) is 5.98. The van der Waals surface area contributed by atoms with Gasteiger partial charge in [-0.15, -0.1) is 0 Å². The van der Waals surface area contributed by atoms with E-state index in [1.54, 1.807) is 13.1 Å². The molecule has 6 heteroatoms. The SMILES string of the molecule is CC[C@H](Oc1ccc2c(c1)[C@@H](c1ccccc1)N(C(C)=O)CC2)C(=O)NCc1ccccn1. The monoisotopic (exact) mass is 443 g/mol. The summed E-state index contributed by atoms with van der Waals surface area (Å²) in [6.45, 7) is 4.57. The van der Waals surface area contributed by atoms with Crippen molar-refractivity contribution in [3.8, 4) is 5.75 Å². The van der Waals surface area contributed by atoms with E-state index in [-0.39, 0.29) is 17.9 Å². The topological polar surface area (TPSA) is 71.5 Å². The van der Waals surface area contributed by atoms with Crippen molar-refractivity contribution < 1.29 is 14.3 Å². The minimum absolute atomic E-state index is 0.0427. The lowest BCUT2D eigenvalue weighted by Gasteiger charge is -2.37. The quantitative estimate of drug-likeness (QED) is 0.598. The number of pyridine rings is 1. The molecule has 2 amide bonds. The van der Waals surface area contributed by atoms with Gasteiger partial charge in [0.25, 0.3) is 5.91 Å². The first kappa shape index (κ1) is 22.5. The van der Waals surface area contributed by atoms with Gasteiger partial charge in [-0.25, -0.2) is 0 Å². The molecule has 0 radical (unpaired) electrons. The molecule has 1 aliphatic heterocycles. The molecule has 0 fully saturated rings. The van der Waals surface area contributed by atoms with Crippen LogP contribution in [0.3, 0.4) is 0 Å². The second kappa shape index (κ2) is 10.3. The molecule has 2 aromatic carbocycles. The molecule has 0 saturated heterocycles. The maximum atomic E-state index is 12.8. The number of nitrogens with one attached hydrogen (secondary N) is 1. The Bertz CT molecular complexity index is 1100. The van der Waals surface area contributed by atoms with Gasteiger partial charge in [-0.3, -0.25) is 14.6 Å². The first-order chi connectivity index (χ1) is 16.1. The summed E-state index contributed by atoms with van der Waals surface area (Å²) in [5.74, 6) is 0.493. The average molecular weight is 444 g/mol. The van der Waals surface area contributed by atoms with Crippen LogP contribution < -0.4 is 10.1 Å². The molecule has 170 valence electrons. The smallest absolute Gasteiger partial charge is 0.261 e. The van der Waals surface area contributed by atoms with Crippen molar-refractivity contribution in [3.05, 3.63) is 95.3 Å². The predicted octanol–water partition coefficient (Wildman–Crippen LogP) is 4.05. The lowest BCUT2D eigenvalue weighted by Crippen LogP contribution is -2.39. The van der Waals surface area contributed by atoms with E-state index in [4.69, 9.17) is 4.74 Å². The Labute approximate surface area is 194 Å². The van der Waals surface area contributed by atoms with E-state index in [1.807, 2.05) is 72.5 Å². The Kier molecular flexibility index (Phi) is 7.03. The number of carbonyl (C=O) groups excluding carboxylic acids is 2. The fraction of sp³-hybridized carbons (Fsp3) is 0.296. The normalized spacial score (nSPS) is 15.9. The van der Waals surface area contributed by atoms with Crippen LogP contribution in [0.2, 0.25) is 0 Å². The number of aromatic nitrogens is 1. The fourth-order valence-corrected chi connectivity index (χ4v) is 4.28. The van der Waals surface area contributed by atoms with Crippen molar-refractivity contribution in [1.82, 2.24) is 15.2 Å². The molecule has 0 bridgehead atoms. The van der Waals surface area contributed by atoms with E-state index in [0.717, 1.165) is 23.2 Å². The second-order valence-corrected chi connectivity index (χ2v) is 8.19. The number of amides is 2. The highest BCUT2D eigenvalue weighted by atomic mass is 16.5. The minimum atomic E-state index is -0.616. The van der Waals surface area contributed by atoms with E-state index in [1.165, 1.54) is 5.56 Å². The Morgan fingerprint density at radius 2 is 1.91 bits per heavy atom. The van der Waals surface area contributed by atoms with E-state index < -0.39 is 6.10 Å². The maximum absolute atomic E-state index is 12.8. The summed E-state index contributed by atoms with van der Waals surface area (Å²) >= 11 is 0. The maximum Gasteiger partial charge on any atom is 0.261 e. The van der Waals surface area contributed by atoms with Crippen LogP contribution in [-0.2, 0) is 22.6 Å². The largest absolute Gasteiger partial charge is 0.481 e. The molecule has 2 atom stereocenters. The first-order valence-corrected chi connectivity index (χ1v) is 11.4. The lowest BCUT2D eigenvalue weighted by atomic mass is 9.88. The van der Waals surface area contributed by atoms with Gasteiger partial charge < -0.3 is 15.0 Å². The molecule has 0 aliphatic carbocycles. The van der Waals surface area contributed by atoms with Gasteiger partial charge in [0.05, 0.1) is 18.3 Å². The van der Waals surface area contributed by atoms with Crippen molar-refractivity contribution in [2.45, 2.75) is 45.4 Å². The lowest BCUT2D eigenvalue weighted by molar-refractivity contribution is -0.131. The van der Waals surface area contributed by atoms with Gasteiger partial charge in [0, 0.05) is 19.7 Å². The first-order valence-electron chi connectivity index (χ1n) is 11.4. The number of ether oxygens (including phenoxy) is 1. The summed E-state index contributed by atoms with van der Waals surface area (Å²) in [7, 11) is 0. The molecule has 1 N–H and O–H groups in total. The third kappa shape index (κ3) is 5.22. The second-order valence-electron chi connectivity index (χ2n) is 8.19. The third-order valence-corrected chi connectivity index (χ3v) is 5.98. The molecule has 4 rings (SSSR count). The van der Waals surface area contributed by atoms with Gasteiger partial charge in [-0.1, -0.05) is 49.4 Å². The van der Waals surface area contributed by atoms with Crippen LogP contribution in [0.15, 0.2) is 72.9 Å². The van der Waals surface area contributed by atoms with Crippen LogP contribution in [0.1, 0.15) is 48.7 Å². The van der Waals surface area contributed by atoms with Gasteiger partial charge in [0.15, 0.2) is 6.10 Å². The minimum Gasteiger partial charge on any atom is -0.481 e. The van der Waals surface area contributed by atoms with Crippen LogP contribution in [0, 0.1) is 0 Å². The van der Waals surface area contributed by atoms with Crippen molar-refractivity contribution in [3.63, 3.8) is 0 Å². The van der Waals surface area contributed by atoms with Crippen LogP contribution in [0.4, 0.5) is 0 Å².